The van der Waals surface area contributed by atoms with Crippen molar-refractivity contribution in [1.82, 2.24) is 19.9 Å². The van der Waals surface area contributed by atoms with Crippen LogP contribution in [0.5, 0.6) is 0 Å². The van der Waals surface area contributed by atoms with E-state index in [1.54, 1.807) is 0 Å². The molecule has 0 bridgehead atoms. The standard InChI is InChI=1S/C24H37N5O.2ClH/c1-17(2)16-29-21(28-20-6-5-13-26-23(20)29)14-24(11-3-4-12-24)15-22(30)27-19-9-7-18(25)8-10-19;;/h5-6,13,17-19H,3-4,7-12,14-16,25H2,1-2H3,(H,27,30);2*1H. The van der Waals surface area contributed by atoms with E-state index in [1.165, 1.54) is 12.8 Å². The summed E-state index contributed by atoms with van der Waals surface area (Å²) in [7, 11) is 0. The second-order valence-corrected chi connectivity index (χ2v) is 10.1. The van der Waals surface area contributed by atoms with E-state index in [0.29, 0.717) is 24.4 Å². The summed E-state index contributed by atoms with van der Waals surface area (Å²) in [6.45, 7) is 5.37. The number of nitrogens with two attached hydrogens (primary N) is 1. The van der Waals surface area contributed by atoms with Crippen LogP contribution in [0.2, 0.25) is 0 Å². The molecular weight excluding hydrogens is 445 g/mol. The Hall–Kier alpha value is -1.37. The lowest BCUT2D eigenvalue weighted by Crippen LogP contribution is -2.42. The number of halogens is 2. The van der Waals surface area contributed by atoms with Crippen LogP contribution in [0.1, 0.15) is 77.5 Å². The van der Waals surface area contributed by atoms with Crippen molar-refractivity contribution in [3.8, 4) is 0 Å². The normalized spacial score (nSPS) is 22.4. The summed E-state index contributed by atoms with van der Waals surface area (Å²) >= 11 is 0. The van der Waals surface area contributed by atoms with Gasteiger partial charge in [0.25, 0.3) is 0 Å². The maximum atomic E-state index is 13.0. The molecule has 2 saturated carbocycles. The van der Waals surface area contributed by atoms with Gasteiger partial charge in [-0.15, -0.1) is 24.8 Å². The quantitative estimate of drug-likeness (QED) is 0.591. The van der Waals surface area contributed by atoms with Crippen molar-refractivity contribution < 1.29 is 4.79 Å². The molecule has 32 heavy (non-hydrogen) atoms. The minimum Gasteiger partial charge on any atom is -0.353 e. The SMILES string of the molecule is CC(C)Cn1c(CC2(CC(=O)NC3CCC(N)CC3)CCCC2)nc2cccnc21.Cl.Cl. The Kier molecular flexibility index (Phi) is 9.80. The van der Waals surface area contributed by atoms with E-state index in [0.717, 1.165) is 68.5 Å². The molecule has 0 saturated heterocycles. The molecule has 180 valence electrons. The molecular formula is C24H39Cl2N5O. The molecule has 0 aromatic carbocycles. The first kappa shape index (κ1) is 26.9. The number of pyridine rings is 1. The molecule has 0 unspecified atom stereocenters. The average Bonchev–Trinajstić information content (AvgIpc) is 3.28. The number of imidazole rings is 1. The van der Waals surface area contributed by atoms with Crippen LogP contribution in [0.25, 0.3) is 11.2 Å². The van der Waals surface area contributed by atoms with Gasteiger partial charge in [0.05, 0.1) is 0 Å². The van der Waals surface area contributed by atoms with Gasteiger partial charge in [0.2, 0.25) is 5.91 Å². The van der Waals surface area contributed by atoms with Crippen LogP contribution in [-0.4, -0.2) is 32.5 Å². The van der Waals surface area contributed by atoms with Crippen LogP contribution in [0.15, 0.2) is 18.3 Å². The van der Waals surface area contributed by atoms with E-state index < -0.39 is 0 Å². The molecule has 8 heteroatoms. The van der Waals surface area contributed by atoms with Gasteiger partial charge < -0.3 is 15.6 Å². The summed E-state index contributed by atoms with van der Waals surface area (Å²) in [5.41, 5.74) is 7.97. The van der Waals surface area contributed by atoms with E-state index in [2.05, 4.69) is 28.7 Å². The van der Waals surface area contributed by atoms with Crippen LogP contribution >= 0.6 is 24.8 Å². The van der Waals surface area contributed by atoms with Crippen molar-refractivity contribution in [3.63, 3.8) is 0 Å². The predicted molar refractivity (Wildman–Crippen MR) is 134 cm³/mol. The third-order valence-corrected chi connectivity index (χ3v) is 7.00. The number of carbonyl (C=O) groups excluding carboxylic acids is 1. The zero-order chi connectivity index (χ0) is 21.1. The second kappa shape index (κ2) is 11.7. The van der Waals surface area contributed by atoms with Gasteiger partial charge in [0.1, 0.15) is 11.3 Å². The fourth-order valence-corrected chi connectivity index (χ4v) is 5.46. The summed E-state index contributed by atoms with van der Waals surface area (Å²) in [4.78, 5) is 22.6. The molecule has 3 N–H and O–H groups in total. The Balaban J connectivity index is 0.00000181. The molecule has 2 aliphatic carbocycles. The molecule has 0 spiro atoms. The minimum atomic E-state index is 0. The lowest BCUT2D eigenvalue weighted by Gasteiger charge is -2.31. The van der Waals surface area contributed by atoms with Gasteiger partial charge in [-0.3, -0.25) is 4.79 Å². The van der Waals surface area contributed by atoms with E-state index in [4.69, 9.17) is 10.7 Å². The number of hydrogen-bond acceptors (Lipinski definition) is 4. The number of aromatic nitrogens is 3. The Morgan fingerprint density at radius 3 is 2.56 bits per heavy atom. The van der Waals surface area contributed by atoms with Crippen molar-refractivity contribution in [2.45, 2.75) is 96.7 Å². The first-order chi connectivity index (χ1) is 14.4. The van der Waals surface area contributed by atoms with Crippen LogP contribution < -0.4 is 11.1 Å². The number of rotatable bonds is 7. The lowest BCUT2D eigenvalue weighted by molar-refractivity contribution is -0.124. The number of nitrogens with one attached hydrogen (secondary N) is 1. The lowest BCUT2D eigenvalue weighted by atomic mass is 9.78. The number of hydrogen-bond donors (Lipinski definition) is 2. The molecule has 0 radical (unpaired) electrons. The summed E-state index contributed by atoms with van der Waals surface area (Å²) in [6, 6.07) is 4.60. The molecule has 2 heterocycles. The van der Waals surface area contributed by atoms with Crippen molar-refractivity contribution in [2.75, 3.05) is 0 Å². The van der Waals surface area contributed by atoms with E-state index >= 15 is 0 Å². The summed E-state index contributed by atoms with van der Waals surface area (Å²) in [5, 5.41) is 3.32. The third kappa shape index (κ3) is 6.36. The van der Waals surface area contributed by atoms with Crippen LogP contribution in [0.3, 0.4) is 0 Å². The maximum Gasteiger partial charge on any atom is 0.220 e. The van der Waals surface area contributed by atoms with Crippen molar-refractivity contribution >= 4 is 41.9 Å². The zero-order valence-electron chi connectivity index (χ0n) is 19.4. The number of carbonyl (C=O) groups is 1. The fraction of sp³-hybridized carbons (Fsp3) is 0.708. The minimum absolute atomic E-state index is 0. The number of amides is 1. The van der Waals surface area contributed by atoms with Crippen molar-refractivity contribution in [3.05, 3.63) is 24.2 Å². The van der Waals surface area contributed by atoms with Crippen molar-refractivity contribution in [2.24, 2.45) is 17.1 Å². The van der Waals surface area contributed by atoms with Crippen LogP contribution in [0.4, 0.5) is 0 Å². The topological polar surface area (TPSA) is 85.8 Å². The molecule has 6 nitrogen and oxygen atoms in total. The molecule has 0 atom stereocenters. The van der Waals surface area contributed by atoms with Gasteiger partial charge in [0, 0.05) is 37.7 Å². The molecule has 2 aliphatic rings. The fourth-order valence-electron chi connectivity index (χ4n) is 5.46. The van der Waals surface area contributed by atoms with Crippen LogP contribution in [0, 0.1) is 11.3 Å². The highest BCUT2D eigenvalue weighted by Gasteiger charge is 2.38. The monoisotopic (exact) mass is 483 g/mol. The van der Waals surface area contributed by atoms with Crippen molar-refractivity contribution in [1.29, 1.82) is 0 Å². The Labute approximate surface area is 204 Å². The smallest absolute Gasteiger partial charge is 0.220 e. The summed E-state index contributed by atoms with van der Waals surface area (Å²) in [5.74, 6) is 1.82. The molecule has 1 amide bonds. The predicted octanol–water partition coefficient (Wildman–Crippen LogP) is 4.81. The largest absolute Gasteiger partial charge is 0.353 e. The number of fused-ring (bicyclic) bond motifs is 1. The van der Waals surface area contributed by atoms with E-state index in [9.17, 15) is 4.79 Å². The van der Waals surface area contributed by atoms with E-state index in [-0.39, 0.29) is 36.1 Å². The highest BCUT2D eigenvalue weighted by molar-refractivity contribution is 5.85. The van der Waals surface area contributed by atoms with Gasteiger partial charge >= 0.3 is 0 Å². The number of nitrogens with zero attached hydrogens (tertiary/aromatic N) is 3. The van der Waals surface area contributed by atoms with Crippen LogP contribution in [-0.2, 0) is 17.8 Å². The summed E-state index contributed by atoms with van der Waals surface area (Å²) < 4.78 is 2.29. The first-order valence-corrected chi connectivity index (χ1v) is 11.8. The Bertz CT molecular complexity index is 870. The average molecular weight is 485 g/mol. The second-order valence-electron chi connectivity index (χ2n) is 10.1. The summed E-state index contributed by atoms with van der Waals surface area (Å²) in [6.07, 6.45) is 12.0. The molecule has 4 rings (SSSR count). The molecule has 0 aliphatic heterocycles. The molecule has 2 fully saturated rings. The highest BCUT2D eigenvalue weighted by atomic mass is 35.5. The molecule has 2 aromatic heterocycles. The molecule has 2 aromatic rings. The first-order valence-electron chi connectivity index (χ1n) is 11.8. The third-order valence-electron chi connectivity index (χ3n) is 7.00. The zero-order valence-corrected chi connectivity index (χ0v) is 21.0. The van der Waals surface area contributed by atoms with Gasteiger partial charge in [-0.2, -0.15) is 0 Å². The highest BCUT2D eigenvalue weighted by Crippen LogP contribution is 2.44. The Morgan fingerprint density at radius 2 is 1.91 bits per heavy atom. The van der Waals surface area contributed by atoms with Gasteiger partial charge in [-0.1, -0.05) is 26.7 Å². The van der Waals surface area contributed by atoms with Gasteiger partial charge in [0.15, 0.2) is 5.65 Å². The maximum absolute atomic E-state index is 13.0. The Morgan fingerprint density at radius 1 is 1.22 bits per heavy atom. The van der Waals surface area contributed by atoms with Gasteiger partial charge in [-0.05, 0) is 62.0 Å². The van der Waals surface area contributed by atoms with Gasteiger partial charge in [-0.25, -0.2) is 9.97 Å². The van der Waals surface area contributed by atoms with E-state index in [1.807, 2.05) is 18.3 Å².